The van der Waals surface area contributed by atoms with Crippen LogP contribution in [0.3, 0.4) is 0 Å². The van der Waals surface area contributed by atoms with E-state index in [-0.39, 0.29) is 5.82 Å². The molecule has 2 N–H and O–H groups in total. The van der Waals surface area contributed by atoms with Gasteiger partial charge in [-0.2, -0.15) is 0 Å². The molecule has 24 heavy (non-hydrogen) atoms. The Hall–Kier alpha value is -2.98. The molecule has 1 amide bonds. The van der Waals surface area contributed by atoms with Crippen molar-refractivity contribution < 1.29 is 14.4 Å². The molecule has 0 bridgehead atoms. The predicted molar refractivity (Wildman–Crippen MR) is 90.1 cm³/mol. The minimum Gasteiger partial charge on any atom is -0.289 e. The van der Waals surface area contributed by atoms with Crippen molar-refractivity contribution in [2.24, 2.45) is 0 Å². The normalized spacial score (nSPS) is 11.8. The Morgan fingerprint density at radius 1 is 0.833 bits per heavy atom. The number of hydroxylamine groups is 1. The predicted octanol–water partition coefficient (Wildman–Crippen LogP) is 4.13. The molecule has 0 aliphatic carbocycles. The monoisotopic (exact) mass is 321 g/mol. The molecule has 0 saturated heterocycles. The van der Waals surface area contributed by atoms with E-state index in [0.717, 1.165) is 22.3 Å². The molecule has 0 saturated carbocycles. The zero-order valence-corrected chi connectivity index (χ0v) is 12.8. The van der Waals surface area contributed by atoms with Crippen molar-refractivity contribution in [3.05, 3.63) is 95.8 Å². The molecule has 0 fully saturated rings. The van der Waals surface area contributed by atoms with Crippen molar-refractivity contribution in [1.82, 2.24) is 5.48 Å². The molecule has 0 spiro atoms. The van der Waals surface area contributed by atoms with Gasteiger partial charge in [0.2, 0.25) is 0 Å². The maximum absolute atomic E-state index is 13.4. The zero-order valence-electron chi connectivity index (χ0n) is 12.8. The second-order valence-corrected chi connectivity index (χ2v) is 5.45. The molecule has 1 unspecified atom stereocenters. The van der Waals surface area contributed by atoms with E-state index in [4.69, 9.17) is 5.21 Å². The van der Waals surface area contributed by atoms with Crippen LogP contribution < -0.4 is 5.48 Å². The lowest BCUT2D eigenvalue weighted by molar-refractivity contribution is -0.129. The summed E-state index contributed by atoms with van der Waals surface area (Å²) in [6.45, 7) is 0. The third-order valence-electron chi connectivity index (χ3n) is 3.91. The Balaban J connectivity index is 1.96. The lowest BCUT2D eigenvalue weighted by atomic mass is 9.89. The average molecular weight is 321 g/mol. The van der Waals surface area contributed by atoms with E-state index in [2.05, 4.69) is 0 Å². The highest BCUT2D eigenvalue weighted by molar-refractivity contribution is 5.86. The second-order valence-electron chi connectivity index (χ2n) is 5.45. The third kappa shape index (κ3) is 3.34. The minimum atomic E-state index is -0.613. The molecular formula is C20H16FNO2. The van der Waals surface area contributed by atoms with E-state index in [9.17, 15) is 9.18 Å². The van der Waals surface area contributed by atoms with Crippen LogP contribution in [-0.4, -0.2) is 11.1 Å². The van der Waals surface area contributed by atoms with E-state index in [0.29, 0.717) is 0 Å². The summed E-state index contributed by atoms with van der Waals surface area (Å²) < 4.78 is 13.4. The number of carbonyl (C=O) groups is 1. The Morgan fingerprint density at radius 3 is 2.12 bits per heavy atom. The van der Waals surface area contributed by atoms with Crippen molar-refractivity contribution in [3.63, 3.8) is 0 Å². The number of halogens is 1. The van der Waals surface area contributed by atoms with Crippen LogP contribution >= 0.6 is 0 Å². The SMILES string of the molecule is O=C(NO)C(c1ccccc1)c1ccc(-c2cccc(F)c2)cc1. The maximum atomic E-state index is 13.4. The molecule has 0 aromatic heterocycles. The summed E-state index contributed by atoms with van der Waals surface area (Å²) in [7, 11) is 0. The van der Waals surface area contributed by atoms with Crippen LogP contribution in [0.5, 0.6) is 0 Å². The van der Waals surface area contributed by atoms with E-state index in [1.54, 1.807) is 11.5 Å². The van der Waals surface area contributed by atoms with Gasteiger partial charge in [0, 0.05) is 0 Å². The van der Waals surface area contributed by atoms with Gasteiger partial charge in [0.05, 0.1) is 5.92 Å². The van der Waals surface area contributed by atoms with Gasteiger partial charge in [-0.1, -0.05) is 66.7 Å². The molecule has 3 aromatic carbocycles. The van der Waals surface area contributed by atoms with Gasteiger partial charge in [-0.3, -0.25) is 10.0 Å². The number of nitrogens with one attached hydrogen (secondary N) is 1. The smallest absolute Gasteiger partial charge is 0.255 e. The Kier molecular flexibility index (Phi) is 4.68. The van der Waals surface area contributed by atoms with E-state index in [1.807, 2.05) is 60.7 Å². The molecule has 0 aliphatic rings. The Morgan fingerprint density at radius 2 is 1.50 bits per heavy atom. The van der Waals surface area contributed by atoms with Gasteiger partial charge in [0.15, 0.2) is 0 Å². The number of hydrogen-bond donors (Lipinski definition) is 2. The van der Waals surface area contributed by atoms with E-state index < -0.39 is 11.8 Å². The molecule has 3 rings (SSSR count). The summed E-state index contributed by atoms with van der Waals surface area (Å²) >= 11 is 0. The first-order chi connectivity index (χ1) is 11.7. The van der Waals surface area contributed by atoms with Crippen LogP contribution in [0.25, 0.3) is 11.1 Å². The summed E-state index contributed by atoms with van der Waals surface area (Å²) in [5, 5.41) is 9.05. The van der Waals surface area contributed by atoms with Gasteiger partial charge < -0.3 is 0 Å². The van der Waals surface area contributed by atoms with Gasteiger partial charge in [0.25, 0.3) is 5.91 Å². The lowest BCUT2D eigenvalue weighted by Gasteiger charge is -2.16. The number of benzene rings is 3. The topological polar surface area (TPSA) is 49.3 Å². The van der Waals surface area contributed by atoms with Crippen molar-refractivity contribution >= 4 is 5.91 Å². The van der Waals surface area contributed by atoms with Crippen LogP contribution in [0.4, 0.5) is 4.39 Å². The Bertz CT molecular complexity index is 832. The number of carbonyl (C=O) groups excluding carboxylic acids is 1. The number of hydrogen-bond acceptors (Lipinski definition) is 2. The highest BCUT2D eigenvalue weighted by Crippen LogP contribution is 2.28. The molecule has 4 heteroatoms. The van der Waals surface area contributed by atoms with Crippen LogP contribution in [-0.2, 0) is 4.79 Å². The second kappa shape index (κ2) is 7.06. The van der Waals surface area contributed by atoms with Gasteiger partial charge >= 0.3 is 0 Å². The first kappa shape index (κ1) is 15.9. The van der Waals surface area contributed by atoms with Gasteiger partial charge in [-0.15, -0.1) is 0 Å². The largest absolute Gasteiger partial charge is 0.289 e. The minimum absolute atomic E-state index is 0.293. The fourth-order valence-corrected chi connectivity index (χ4v) is 2.74. The lowest BCUT2D eigenvalue weighted by Crippen LogP contribution is -2.27. The van der Waals surface area contributed by atoms with Crippen molar-refractivity contribution in [3.8, 4) is 11.1 Å². The third-order valence-corrected chi connectivity index (χ3v) is 3.91. The van der Waals surface area contributed by atoms with Crippen LogP contribution in [0.1, 0.15) is 17.0 Å². The number of amides is 1. The van der Waals surface area contributed by atoms with E-state index >= 15 is 0 Å². The summed E-state index contributed by atoms with van der Waals surface area (Å²) in [5.74, 6) is -1.41. The van der Waals surface area contributed by atoms with Crippen LogP contribution in [0.15, 0.2) is 78.9 Å². The first-order valence-electron chi connectivity index (χ1n) is 7.54. The summed E-state index contributed by atoms with van der Waals surface area (Å²) in [6.07, 6.45) is 0. The van der Waals surface area contributed by atoms with Crippen molar-refractivity contribution in [2.45, 2.75) is 5.92 Å². The molecular weight excluding hydrogens is 305 g/mol. The van der Waals surface area contributed by atoms with E-state index in [1.165, 1.54) is 12.1 Å². The number of rotatable bonds is 4. The summed E-state index contributed by atoms with van der Waals surface area (Å²) in [4.78, 5) is 12.1. The van der Waals surface area contributed by atoms with Crippen molar-refractivity contribution in [2.75, 3.05) is 0 Å². The summed E-state index contributed by atoms with van der Waals surface area (Å²) in [6, 6.07) is 22.9. The van der Waals surface area contributed by atoms with Gasteiger partial charge in [-0.25, -0.2) is 9.87 Å². The van der Waals surface area contributed by atoms with Crippen molar-refractivity contribution in [1.29, 1.82) is 0 Å². The fraction of sp³-hybridized carbons (Fsp3) is 0.0500. The highest BCUT2D eigenvalue weighted by Gasteiger charge is 2.22. The molecule has 120 valence electrons. The molecule has 3 nitrogen and oxygen atoms in total. The van der Waals surface area contributed by atoms with Crippen LogP contribution in [0.2, 0.25) is 0 Å². The quantitative estimate of drug-likeness (QED) is 0.561. The maximum Gasteiger partial charge on any atom is 0.255 e. The fourth-order valence-electron chi connectivity index (χ4n) is 2.74. The molecule has 0 radical (unpaired) electrons. The Labute approximate surface area is 139 Å². The van der Waals surface area contributed by atoms with Gasteiger partial charge in [0.1, 0.15) is 5.82 Å². The zero-order chi connectivity index (χ0) is 16.9. The molecule has 3 aromatic rings. The molecule has 0 heterocycles. The highest BCUT2D eigenvalue weighted by atomic mass is 19.1. The first-order valence-corrected chi connectivity index (χ1v) is 7.54. The van der Waals surface area contributed by atoms with Crippen LogP contribution in [0, 0.1) is 5.82 Å². The summed E-state index contributed by atoms with van der Waals surface area (Å²) in [5.41, 5.74) is 4.87. The van der Waals surface area contributed by atoms with Gasteiger partial charge in [-0.05, 0) is 34.4 Å². The molecule has 0 aliphatic heterocycles. The average Bonchev–Trinajstić information content (AvgIpc) is 2.63. The standard InChI is InChI=1S/C20H16FNO2/c21-18-8-4-7-17(13-18)14-9-11-16(12-10-14)19(20(23)22-24)15-5-2-1-3-6-15/h1-13,19,24H,(H,22,23). The molecule has 1 atom stereocenters.